The van der Waals surface area contributed by atoms with Gasteiger partial charge in [0.15, 0.2) is 0 Å². The van der Waals surface area contributed by atoms with Crippen LogP contribution >= 0.6 is 22.9 Å². The van der Waals surface area contributed by atoms with Crippen LogP contribution in [0.5, 0.6) is 0 Å². The lowest BCUT2D eigenvalue weighted by molar-refractivity contribution is -0.385. The molecule has 2 aromatic heterocycles. The highest BCUT2D eigenvalue weighted by Crippen LogP contribution is 2.26. The maximum atomic E-state index is 12.1. The van der Waals surface area contributed by atoms with E-state index in [0.29, 0.717) is 5.01 Å². The second-order valence-corrected chi connectivity index (χ2v) is 5.10. The first-order chi connectivity index (χ1) is 9.50. The van der Waals surface area contributed by atoms with Crippen LogP contribution in [0.15, 0.2) is 23.8 Å². The molecule has 9 heteroatoms. The van der Waals surface area contributed by atoms with E-state index in [1.165, 1.54) is 23.6 Å². The summed E-state index contributed by atoms with van der Waals surface area (Å²) in [6, 6.07) is 0.905. The van der Waals surface area contributed by atoms with E-state index in [2.05, 4.69) is 15.3 Å². The maximum absolute atomic E-state index is 12.1. The zero-order chi connectivity index (χ0) is 14.7. The molecule has 0 aliphatic carbocycles. The van der Waals surface area contributed by atoms with E-state index in [1.807, 2.05) is 0 Å². The third kappa shape index (κ3) is 2.91. The van der Waals surface area contributed by atoms with Gasteiger partial charge in [-0.1, -0.05) is 11.6 Å². The van der Waals surface area contributed by atoms with Gasteiger partial charge in [0, 0.05) is 17.8 Å². The van der Waals surface area contributed by atoms with Crippen molar-refractivity contribution in [3.05, 3.63) is 49.7 Å². The summed E-state index contributed by atoms with van der Waals surface area (Å²) in [5, 5.41) is 15.8. The maximum Gasteiger partial charge on any atom is 0.319 e. The standard InChI is InChI=1S/C11H9ClN4O3S/c1-6(11-14-4-5-20-11)15-10(17)7-2-3-13-9(12)8(7)16(18)19/h2-6H,1H3,(H,15,17). The van der Waals surface area contributed by atoms with Crippen molar-refractivity contribution in [2.45, 2.75) is 13.0 Å². The van der Waals surface area contributed by atoms with Crippen molar-refractivity contribution in [3.63, 3.8) is 0 Å². The minimum atomic E-state index is -0.724. The van der Waals surface area contributed by atoms with Gasteiger partial charge in [0.25, 0.3) is 5.91 Å². The molecule has 0 saturated heterocycles. The predicted octanol–water partition coefficient (Wildman–Crippen LogP) is 2.59. The summed E-state index contributed by atoms with van der Waals surface area (Å²) in [6.45, 7) is 1.74. The molecule has 0 radical (unpaired) electrons. The van der Waals surface area contributed by atoms with Gasteiger partial charge in [0.1, 0.15) is 10.6 Å². The molecule has 0 saturated carbocycles. The molecule has 104 valence electrons. The van der Waals surface area contributed by atoms with Crippen molar-refractivity contribution >= 4 is 34.5 Å². The SMILES string of the molecule is CC(NC(=O)c1ccnc(Cl)c1[N+](=O)[O-])c1nccs1. The first-order valence-electron chi connectivity index (χ1n) is 5.50. The molecule has 7 nitrogen and oxygen atoms in total. The molecule has 0 aliphatic heterocycles. The van der Waals surface area contributed by atoms with E-state index < -0.39 is 16.5 Å². The molecule has 0 aliphatic rings. The number of hydrogen-bond donors (Lipinski definition) is 1. The molecular formula is C11H9ClN4O3S. The number of carbonyl (C=O) groups excluding carboxylic acids is 1. The number of nitrogens with zero attached hydrogens (tertiary/aromatic N) is 3. The first kappa shape index (κ1) is 14.4. The molecule has 0 bridgehead atoms. The number of amides is 1. The number of nitrogens with one attached hydrogen (secondary N) is 1. The van der Waals surface area contributed by atoms with Gasteiger partial charge in [-0.3, -0.25) is 14.9 Å². The van der Waals surface area contributed by atoms with E-state index in [0.717, 1.165) is 0 Å². The smallest absolute Gasteiger partial charge is 0.319 e. The average molecular weight is 313 g/mol. The van der Waals surface area contributed by atoms with E-state index in [9.17, 15) is 14.9 Å². The fraction of sp³-hybridized carbons (Fsp3) is 0.182. The molecule has 0 aromatic carbocycles. The lowest BCUT2D eigenvalue weighted by Crippen LogP contribution is -2.27. The van der Waals surface area contributed by atoms with Gasteiger partial charge in [0.05, 0.1) is 11.0 Å². The summed E-state index contributed by atoms with van der Waals surface area (Å²) >= 11 is 7.05. The molecule has 2 heterocycles. The Kier molecular flexibility index (Phi) is 4.26. The summed E-state index contributed by atoms with van der Waals surface area (Å²) in [6.07, 6.45) is 2.87. The highest BCUT2D eigenvalue weighted by atomic mass is 35.5. The van der Waals surface area contributed by atoms with Crippen LogP contribution in [0.4, 0.5) is 5.69 Å². The lowest BCUT2D eigenvalue weighted by atomic mass is 10.2. The van der Waals surface area contributed by atoms with Crippen molar-refractivity contribution in [3.8, 4) is 0 Å². The second-order valence-electron chi connectivity index (χ2n) is 3.82. The normalized spacial score (nSPS) is 11.9. The number of hydrogen-bond acceptors (Lipinski definition) is 6. The zero-order valence-electron chi connectivity index (χ0n) is 10.2. The van der Waals surface area contributed by atoms with Crippen molar-refractivity contribution in [2.24, 2.45) is 0 Å². The number of thiazole rings is 1. The van der Waals surface area contributed by atoms with Crippen LogP contribution in [-0.4, -0.2) is 20.8 Å². The molecule has 0 spiro atoms. The summed E-state index contributed by atoms with van der Waals surface area (Å²) in [5.74, 6) is -0.594. The van der Waals surface area contributed by atoms with Gasteiger partial charge in [-0.15, -0.1) is 11.3 Å². The Morgan fingerprint density at radius 2 is 2.25 bits per heavy atom. The van der Waals surface area contributed by atoms with Gasteiger partial charge in [-0.25, -0.2) is 9.97 Å². The summed E-state index contributed by atoms with van der Waals surface area (Å²) in [7, 11) is 0. The molecule has 1 amide bonds. The molecule has 1 N–H and O–H groups in total. The third-order valence-electron chi connectivity index (χ3n) is 2.48. The number of halogens is 1. The average Bonchev–Trinajstić information content (AvgIpc) is 2.91. The predicted molar refractivity (Wildman–Crippen MR) is 73.9 cm³/mol. The van der Waals surface area contributed by atoms with Gasteiger partial charge >= 0.3 is 5.69 Å². The number of nitro groups is 1. The Bertz CT molecular complexity index is 647. The largest absolute Gasteiger partial charge is 0.343 e. The minimum absolute atomic E-state index is 0.126. The van der Waals surface area contributed by atoms with Crippen LogP contribution in [0.1, 0.15) is 28.3 Å². The molecule has 2 rings (SSSR count). The number of rotatable bonds is 4. The van der Waals surface area contributed by atoms with E-state index in [1.54, 1.807) is 18.5 Å². The first-order valence-corrected chi connectivity index (χ1v) is 6.75. The Balaban J connectivity index is 2.26. The number of pyridine rings is 1. The van der Waals surface area contributed by atoms with Crippen LogP contribution in [0.2, 0.25) is 5.15 Å². The molecular weight excluding hydrogens is 304 g/mol. The van der Waals surface area contributed by atoms with Gasteiger partial charge in [0.2, 0.25) is 5.15 Å². The zero-order valence-corrected chi connectivity index (χ0v) is 11.8. The number of aromatic nitrogens is 2. The number of carbonyl (C=O) groups is 1. The van der Waals surface area contributed by atoms with Gasteiger partial charge < -0.3 is 5.32 Å². The Labute approximate surface area is 122 Å². The summed E-state index contributed by atoms with van der Waals surface area (Å²) < 4.78 is 0. The van der Waals surface area contributed by atoms with E-state index >= 15 is 0 Å². The van der Waals surface area contributed by atoms with E-state index in [4.69, 9.17) is 11.6 Å². The minimum Gasteiger partial charge on any atom is -0.343 e. The molecule has 0 fully saturated rings. The van der Waals surface area contributed by atoms with Gasteiger partial charge in [-0.2, -0.15) is 0 Å². The summed E-state index contributed by atoms with van der Waals surface area (Å²) in [5.41, 5.74) is -0.628. The Morgan fingerprint density at radius 1 is 1.50 bits per heavy atom. The van der Waals surface area contributed by atoms with Crippen molar-refractivity contribution in [2.75, 3.05) is 0 Å². The van der Waals surface area contributed by atoms with Crippen LogP contribution in [0.3, 0.4) is 0 Å². The van der Waals surface area contributed by atoms with Crippen LogP contribution in [0, 0.1) is 10.1 Å². The third-order valence-corrected chi connectivity index (χ3v) is 3.71. The Morgan fingerprint density at radius 3 is 2.85 bits per heavy atom. The van der Waals surface area contributed by atoms with Crippen LogP contribution in [-0.2, 0) is 0 Å². The molecule has 1 unspecified atom stereocenters. The Hall–Kier alpha value is -2.06. The fourth-order valence-corrected chi connectivity index (χ4v) is 2.44. The van der Waals surface area contributed by atoms with E-state index in [-0.39, 0.29) is 16.8 Å². The fourth-order valence-electron chi connectivity index (χ4n) is 1.57. The monoisotopic (exact) mass is 312 g/mol. The quantitative estimate of drug-likeness (QED) is 0.531. The molecule has 20 heavy (non-hydrogen) atoms. The van der Waals surface area contributed by atoms with Crippen molar-refractivity contribution in [1.29, 1.82) is 0 Å². The summed E-state index contributed by atoms with van der Waals surface area (Å²) in [4.78, 5) is 30.0. The highest BCUT2D eigenvalue weighted by Gasteiger charge is 2.26. The highest BCUT2D eigenvalue weighted by molar-refractivity contribution is 7.09. The molecule has 1 atom stereocenters. The van der Waals surface area contributed by atoms with Crippen LogP contribution < -0.4 is 5.32 Å². The van der Waals surface area contributed by atoms with Gasteiger partial charge in [-0.05, 0) is 13.0 Å². The van der Waals surface area contributed by atoms with Crippen molar-refractivity contribution < 1.29 is 9.72 Å². The lowest BCUT2D eigenvalue weighted by Gasteiger charge is -2.11. The molecule has 2 aromatic rings. The van der Waals surface area contributed by atoms with Crippen molar-refractivity contribution in [1.82, 2.24) is 15.3 Å². The second kappa shape index (κ2) is 5.93. The van der Waals surface area contributed by atoms with Crippen LogP contribution in [0.25, 0.3) is 0 Å². The topological polar surface area (TPSA) is 98.0 Å².